The van der Waals surface area contributed by atoms with Crippen LogP contribution in [-0.2, 0) is 0 Å². The first kappa shape index (κ1) is 18.5. The fraction of sp³-hybridized carbons (Fsp3) is 0.333. The van der Waals surface area contributed by atoms with Crippen LogP contribution in [0.25, 0.3) is 16.9 Å². The minimum Gasteiger partial charge on any atom is -0.348 e. The van der Waals surface area contributed by atoms with Crippen LogP contribution < -0.4 is 5.32 Å². The lowest BCUT2D eigenvalue weighted by molar-refractivity contribution is 0.0920. The van der Waals surface area contributed by atoms with Gasteiger partial charge in [0.25, 0.3) is 5.91 Å². The highest BCUT2D eigenvalue weighted by Gasteiger charge is 2.22. The molecule has 144 valence electrons. The van der Waals surface area contributed by atoms with Crippen LogP contribution >= 0.6 is 0 Å². The SMILES string of the molecule is Cc1ccc(C)c(-n2nc(-c3ccccc3)cc2C(=O)NC2CCCCC2)c1. The Balaban J connectivity index is 1.75. The quantitative estimate of drug-likeness (QED) is 0.682. The van der Waals surface area contributed by atoms with Crippen LogP contribution in [0.4, 0.5) is 0 Å². The van der Waals surface area contributed by atoms with E-state index in [1.807, 2.05) is 41.1 Å². The molecule has 2 aromatic carbocycles. The summed E-state index contributed by atoms with van der Waals surface area (Å²) in [7, 11) is 0. The normalized spacial score (nSPS) is 14.8. The second-order valence-electron chi connectivity index (χ2n) is 7.79. The van der Waals surface area contributed by atoms with Crippen LogP contribution in [0.3, 0.4) is 0 Å². The number of carbonyl (C=O) groups excluding carboxylic acids is 1. The topological polar surface area (TPSA) is 46.9 Å². The average molecular weight is 374 g/mol. The molecule has 1 N–H and O–H groups in total. The van der Waals surface area contributed by atoms with Crippen LogP contribution in [-0.4, -0.2) is 21.7 Å². The van der Waals surface area contributed by atoms with Gasteiger partial charge >= 0.3 is 0 Å². The molecule has 0 spiro atoms. The summed E-state index contributed by atoms with van der Waals surface area (Å²) in [6.45, 7) is 4.12. The van der Waals surface area contributed by atoms with Crippen molar-refractivity contribution in [2.45, 2.75) is 52.0 Å². The van der Waals surface area contributed by atoms with Crippen LogP contribution in [0.15, 0.2) is 54.6 Å². The first-order valence-electron chi connectivity index (χ1n) is 10.2. The second-order valence-corrected chi connectivity index (χ2v) is 7.79. The molecule has 0 atom stereocenters. The molecule has 1 aliphatic carbocycles. The number of rotatable bonds is 4. The van der Waals surface area contributed by atoms with Gasteiger partial charge in [0.2, 0.25) is 0 Å². The monoisotopic (exact) mass is 373 g/mol. The van der Waals surface area contributed by atoms with E-state index in [4.69, 9.17) is 5.10 Å². The summed E-state index contributed by atoms with van der Waals surface area (Å²) in [5.41, 5.74) is 5.62. The Labute approximate surface area is 166 Å². The van der Waals surface area contributed by atoms with E-state index in [2.05, 4.69) is 37.4 Å². The molecule has 0 radical (unpaired) electrons. The van der Waals surface area contributed by atoms with Crippen LogP contribution in [0.1, 0.15) is 53.7 Å². The fourth-order valence-electron chi connectivity index (χ4n) is 3.93. The zero-order valence-corrected chi connectivity index (χ0v) is 16.6. The van der Waals surface area contributed by atoms with E-state index in [-0.39, 0.29) is 11.9 Å². The zero-order valence-electron chi connectivity index (χ0n) is 16.6. The number of benzene rings is 2. The number of carbonyl (C=O) groups is 1. The smallest absolute Gasteiger partial charge is 0.270 e. The minimum atomic E-state index is -0.0394. The molecule has 28 heavy (non-hydrogen) atoms. The Morgan fingerprint density at radius 1 is 1.00 bits per heavy atom. The average Bonchev–Trinajstić information content (AvgIpc) is 3.17. The van der Waals surface area contributed by atoms with Gasteiger partial charge in [0.1, 0.15) is 5.69 Å². The van der Waals surface area contributed by atoms with Gasteiger partial charge < -0.3 is 5.32 Å². The first-order valence-corrected chi connectivity index (χ1v) is 10.2. The van der Waals surface area contributed by atoms with E-state index < -0.39 is 0 Å². The lowest BCUT2D eigenvalue weighted by Gasteiger charge is -2.23. The summed E-state index contributed by atoms with van der Waals surface area (Å²) in [5.74, 6) is -0.0394. The molecule has 3 aromatic rings. The predicted molar refractivity (Wildman–Crippen MR) is 113 cm³/mol. The molecule has 0 aliphatic heterocycles. The van der Waals surface area contributed by atoms with E-state index in [1.54, 1.807) is 0 Å². The van der Waals surface area contributed by atoms with Crippen molar-refractivity contribution in [3.8, 4) is 16.9 Å². The van der Waals surface area contributed by atoms with Gasteiger partial charge in [0.05, 0.1) is 11.4 Å². The van der Waals surface area contributed by atoms with Gasteiger partial charge in [-0.15, -0.1) is 0 Å². The van der Waals surface area contributed by atoms with Gasteiger partial charge in [0, 0.05) is 11.6 Å². The number of aromatic nitrogens is 2. The summed E-state index contributed by atoms with van der Waals surface area (Å²) < 4.78 is 1.81. The Morgan fingerprint density at radius 3 is 2.50 bits per heavy atom. The van der Waals surface area contributed by atoms with E-state index in [0.717, 1.165) is 40.9 Å². The van der Waals surface area contributed by atoms with E-state index in [1.165, 1.54) is 19.3 Å². The maximum absolute atomic E-state index is 13.2. The summed E-state index contributed by atoms with van der Waals surface area (Å²) >= 11 is 0. The molecule has 1 amide bonds. The molecule has 0 unspecified atom stereocenters. The van der Waals surface area contributed by atoms with E-state index in [9.17, 15) is 4.79 Å². The highest BCUT2D eigenvalue weighted by atomic mass is 16.2. The van der Waals surface area contributed by atoms with Crippen molar-refractivity contribution in [1.29, 1.82) is 0 Å². The third kappa shape index (κ3) is 3.86. The molecule has 4 heteroatoms. The molecule has 0 bridgehead atoms. The van der Waals surface area contributed by atoms with Gasteiger partial charge in [-0.1, -0.05) is 61.7 Å². The first-order chi connectivity index (χ1) is 13.6. The van der Waals surface area contributed by atoms with Gasteiger partial charge in [0.15, 0.2) is 0 Å². The van der Waals surface area contributed by atoms with Crippen LogP contribution in [0.5, 0.6) is 0 Å². The highest BCUT2D eigenvalue weighted by Crippen LogP contribution is 2.25. The summed E-state index contributed by atoms with van der Waals surface area (Å²) in [6.07, 6.45) is 5.78. The molecule has 1 aliphatic rings. The molecule has 1 fully saturated rings. The van der Waals surface area contributed by atoms with Gasteiger partial charge in [-0.2, -0.15) is 5.10 Å². The van der Waals surface area contributed by atoms with Crippen LogP contribution in [0.2, 0.25) is 0 Å². The number of hydrogen-bond donors (Lipinski definition) is 1. The lowest BCUT2D eigenvalue weighted by atomic mass is 9.95. The molecule has 0 saturated heterocycles. The molecule has 4 nitrogen and oxygen atoms in total. The largest absolute Gasteiger partial charge is 0.348 e. The Bertz CT molecular complexity index is 969. The third-order valence-electron chi connectivity index (χ3n) is 5.54. The maximum atomic E-state index is 13.2. The van der Waals surface area contributed by atoms with Crippen molar-refractivity contribution in [1.82, 2.24) is 15.1 Å². The predicted octanol–water partition coefficient (Wildman–Crippen LogP) is 5.22. The lowest BCUT2D eigenvalue weighted by Crippen LogP contribution is -2.37. The zero-order chi connectivity index (χ0) is 19.5. The van der Waals surface area contributed by atoms with E-state index >= 15 is 0 Å². The highest BCUT2D eigenvalue weighted by molar-refractivity contribution is 5.94. The Morgan fingerprint density at radius 2 is 1.75 bits per heavy atom. The molecular weight excluding hydrogens is 346 g/mol. The Kier molecular flexibility index (Phi) is 5.29. The molecular formula is C24H27N3O. The van der Waals surface area contributed by atoms with Crippen molar-refractivity contribution in [2.75, 3.05) is 0 Å². The van der Waals surface area contributed by atoms with Crippen molar-refractivity contribution in [3.63, 3.8) is 0 Å². The number of aryl methyl sites for hydroxylation is 2. The van der Waals surface area contributed by atoms with Crippen molar-refractivity contribution in [3.05, 3.63) is 71.4 Å². The standard InChI is InChI=1S/C24H27N3O/c1-17-13-14-18(2)22(15-17)27-23(24(28)25-20-11-7-4-8-12-20)16-21(26-27)19-9-5-3-6-10-19/h3,5-6,9-10,13-16,20H,4,7-8,11-12H2,1-2H3,(H,25,28). The van der Waals surface area contributed by atoms with E-state index in [0.29, 0.717) is 5.69 Å². The van der Waals surface area contributed by atoms with Crippen molar-refractivity contribution >= 4 is 5.91 Å². The Hall–Kier alpha value is -2.88. The molecule has 4 rings (SSSR count). The van der Waals surface area contributed by atoms with Crippen molar-refractivity contribution in [2.24, 2.45) is 0 Å². The second kappa shape index (κ2) is 8.01. The van der Waals surface area contributed by atoms with Gasteiger partial charge in [-0.3, -0.25) is 4.79 Å². The number of hydrogen-bond acceptors (Lipinski definition) is 2. The van der Waals surface area contributed by atoms with Gasteiger partial charge in [-0.25, -0.2) is 4.68 Å². The third-order valence-corrected chi connectivity index (χ3v) is 5.54. The van der Waals surface area contributed by atoms with Crippen LogP contribution in [0, 0.1) is 13.8 Å². The number of nitrogens with zero attached hydrogens (tertiary/aromatic N) is 2. The summed E-state index contributed by atoms with van der Waals surface area (Å²) in [6, 6.07) is 18.5. The van der Waals surface area contributed by atoms with Crippen molar-refractivity contribution < 1.29 is 4.79 Å². The molecule has 1 saturated carbocycles. The molecule has 1 aromatic heterocycles. The number of nitrogens with one attached hydrogen (secondary N) is 1. The minimum absolute atomic E-state index is 0.0394. The van der Waals surface area contributed by atoms with Gasteiger partial charge in [-0.05, 0) is 49.9 Å². The summed E-state index contributed by atoms with van der Waals surface area (Å²) in [5, 5.41) is 8.07. The summed E-state index contributed by atoms with van der Waals surface area (Å²) in [4.78, 5) is 13.2. The maximum Gasteiger partial charge on any atom is 0.270 e. The fourth-order valence-corrected chi connectivity index (χ4v) is 3.93. The number of amides is 1. The molecule has 1 heterocycles.